The van der Waals surface area contributed by atoms with Gasteiger partial charge in [0.2, 0.25) is 0 Å². The van der Waals surface area contributed by atoms with Gasteiger partial charge in [0.15, 0.2) is 0 Å². The van der Waals surface area contributed by atoms with Crippen LogP contribution in [0.3, 0.4) is 0 Å². The predicted octanol–water partition coefficient (Wildman–Crippen LogP) is 1.51. The Morgan fingerprint density at radius 3 is 2.65 bits per heavy atom. The molecule has 2 rings (SSSR count). The van der Waals surface area contributed by atoms with Crippen LogP contribution in [0.1, 0.15) is 17.8 Å². The molecule has 0 aliphatic carbocycles. The van der Waals surface area contributed by atoms with Crippen molar-refractivity contribution in [2.24, 2.45) is 0 Å². The Morgan fingerprint density at radius 2 is 2.18 bits per heavy atom. The molecule has 0 spiro atoms. The van der Waals surface area contributed by atoms with Crippen LogP contribution in [0, 0.1) is 0 Å². The lowest BCUT2D eigenvalue weighted by atomic mass is 10.1. The first-order valence-corrected chi connectivity index (χ1v) is 6.83. The smallest absolute Gasteiger partial charge is 0.326 e. The van der Waals surface area contributed by atoms with Gasteiger partial charge in [-0.3, -0.25) is 9.69 Å². The van der Waals surface area contributed by atoms with Crippen LogP contribution < -0.4 is 0 Å². The van der Waals surface area contributed by atoms with E-state index in [1.807, 2.05) is 17.5 Å². The first kappa shape index (κ1) is 12.5. The Balaban J connectivity index is 2.06. The van der Waals surface area contributed by atoms with E-state index in [1.165, 1.54) is 11.3 Å². The van der Waals surface area contributed by atoms with E-state index in [0.29, 0.717) is 0 Å². The molecule has 1 unspecified atom stereocenters. The van der Waals surface area contributed by atoms with E-state index in [0.717, 1.165) is 37.6 Å². The minimum Gasteiger partial charge on any atom is -0.480 e. The number of hydrogen-bond acceptors (Lipinski definition) is 4. The minimum atomic E-state index is -0.739. The molecule has 1 aromatic heterocycles. The molecule has 1 N–H and O–H groups in total. The monoisotopic (exact) mass is 254 g/mol. The van der Waals surface area contributed by atoms with E-state index < -0.39 is 12.0 Å². The number of carboxylic acids is 1. The molecule has 4 nitrogen and oxygen atoms in total. The molecule has 1 saturated heterocycles. The van der Waals surface area contributed by atoms with E-state index in [-0.39, 0.29) is 0 Å². The average Bonchev–Trinajstić information content (AvgIpc) is 2.83. The molecule has 1 aliphatic heterocycles. The van der Waals surface area contributed by atoms with Gasteiger partial charge in [0.25, 0.3) is 0 Å². The second kappa shape index (κ2) is 5.62. The molecule has 1 atom stereocenters. The summed E-state index contributed by atoms with van der Waals surface area (Å²) in [4.78, 5) is 16.8. The molecule has 0 aromatic carbocycles. The third kappa shape index (κ3) is 2.86. The highest BCUT2D eigenvalue weighted by atomic mass is 32.1. The number of thiophene rings is 1. The number of hydrogen-bond donors (Lipinski definition) is 1. The van der Waals surface area contributed by atoms with E-state index in [2.05, 4.69) is 16.7 Å². The van der Waals surface area contributed by atoms with Crippen LogP contribution in [-0.4, -0.2) is 53.6 Å². The van der Waals surface area contributed by atoms with Crippen molar-refractivity contribution in [2.75, 3.05) is 32.7 Å². The van der Waals surface area contributed by atoms with Crippen molar-refractivity contribution < 1.29 is 9.90 Å². The minimum absolute atomic E-state index is 0.464. The molecule has 0 saturated carbocycles. The Hall–Kier alpha value is -0.910. The summed E-state index contributed by atoms with van der Waals surface area (Å²) < 4.78 is 0. The number of piperazine rings is 1. The molecule has 0 radical (unpaired) electrons. The largest absolute Gasteiger partial charge is 0.480 e. The Bertz CT molecular complexity index is 359. The van der Waals surface area contributed by atoms with Crippen molar-refractivity contribution in [3.63, 3.8) is 0 Å². The van der Waals surface area contributed by atoms with Gasteiger partial charge >= 0.3 is 5.97 Å². The van der Waals surface area contributed by atoms with E-state index >= 15 is 0 Å². The van der Waals surface area contributed by atoms with Gasteiger partial charge in [-0.25, -0.2) is 0 Å². The molecule has 1 aliphatic rings. The van der Waals surface area contributed by atoms with Gasteiger partial charge in [-0.15, -0.1) is 11.3 Å². The summed E-state index contributed by atoms with van der Waals surface area (Å²) in [5, 5.41) is 11.3. The normalized spacial score (nSPS) is 20.3. The van der Waals surface area contributed by atoms with Gasteiger partial charge in [0.05, 0.1) is 0 Å². The highest BCUT2D eigenvalue weighted by molar-refractivity contribution is 7.10. The van der Waals surface area contributed by atoms with E-state index in [4.69, 9.17) is 0 Å². The van der Waals surface area contributed by atoms with Crippen LogP contribution in [0.15, 0.2) is 17.5 Å². The quantitative estimate of drug-likeness (QED) is 0.884. The van der Waals surface area contributed by atoms with Crippen LogP contribution in [0.5, 0.6) is 0 Å². The fourth-order valence-electron chi connectivity index (χ4n) is 2.24. The van der Waals surface area contributed by atoms with Crippen molar-refractivity contribution in [1.29, 1.82) is 0 Å². The zero-order valence-corrected chi connectivity index (χ0v) is 10.8. The number of carboxylic acid groups (broad SMARTS) is 1. The molecular formula is C12H18N2O2S. The van der Waals surface area contributed by atoms with Crippen LogP contribution in [-0.2, 0) is 4.79 Å². The molecule has 5 heteroatoms. The summed E-state index contributed by atoms with van der Waals surface area (Å²) >= 11 is 1.52. The van der Waals surface area contributed by atoms with Crippen molar-refractivity contribution in [1.82, 2.24) is 9.80 Å². The van der Waals surface area contributed by atoms with E-state index in [1.54, 1.807) is 0 Å². The first-order valence-electron chi connectivity index (χ1n) is 5.95. The summed E-state index contributed by atoms with van der Waals surface area (Å²) in [6.07, 6.45) is 0. The van der Waals surface area contributed by atoms with Gasteiger partial charge in [-0.2, -0.15) is 0 Å². The van der Waals surface area contributed by atoms with Crippen molar-refractivity contribution in [3.05, 3.63) is 22.4 Å². The lowest BCUT2D eigenvalue weighted by Gasteiger charge is -2.36. The zero-order valence-electron chi connectivity index (χ0n) is 10.0. The standard InChI is InChI=1S/C12H18N2O2S/c1-2-13-5-7-14(8-6-13)11(12(15)16)10-4-3-9-17-10/h3-4,9,11H,2,5-8H2,1H3,(H,15,16). The fraction of sp³-hybridized carbons (Fsp3) is 0.583. The Kier molecular flexibility index (Phi) is 4.15. The highest BCUT2D eigenvalue weighted by Crippen LogP contribution is 2.26. The van der Waals surface area contributed by atoms with Crippen molar-refractivity contribution in [2.45, 2.75) is 13.0 Å². The third-order valence-electron chi connectivity index (χ3n) is 3.27. The number of nitrogens with zero attached hydrogens (tertiary/aromatic N) is 2. The number of rotatable bonds is 4. The maximum Gasteiger partial charge on any atom is 0.326 e. The van der Waals surface area contributed by atoms with Gasteiger partial charge in [0, 0.05) is 31.1 Å². The summed E-state index contributed by atoms with van der Waals surface area (Å²) in [5.41, 5.74) is 0. The number of aliphatic carboxylic acids is 1. The second-order valence-electron chi connectivity index (χ2n) is 4.23. The van der Waals surface area contributed by atoms with Crippen LogP contribution >= 0.6 is 11.3 Å². The number of likely N-dealkylation sites (N-methyl/N-ethyl adjacent to an activating group) is 1. The lowest BCUT2D eigenvalue weighted by molar-refractivity contribution is -0.144. The van der Waals surface area contributed by atoms with Crippen molar-refractivity contribution >= 4 is 17.3 Å². The van der Waals surface area contributed by atoms with Gasteiger partial charge in [-0.1, -0.05) is 13.0 Å². The van der Waals surface area contributed by atoms with E-state index in [9.17, 15) is 9.90 Å². The summed E-state index contributed by atoms with van der Waals surface area (Å²) in [6, 6.07) is 3.36. The van der Waals surface area contributed by atoms with Crippen LogP contribution in [0.2, 0.25) is 0 Å². The highest BCUT2D eigenvalue weighted by Gasteiger charge is 2.30. The SMILES string of the molecule is CCN1CCN(C(C(=O)O)c2cccs2)CC1. The fourth-order valence-corrected chi connectivity index (χ4v) is 3.09. The molecule has 1 fully saturated rings. The van der Waals surface area contributed by atoms with Crippen LogP contribution in [0.4, 0.5) is 0 Å². The molecule has 94 valence electrons. The Morgan fingerprint density at radius 1 is 1.47 bits per heavy atom. The first-order chi connectivity index (χ1) is 8.22. The van der Waals surface area contributed by atoms with Crippen LogP contribution in [0.25, 0.3) is 0 Å². The van der Waals surface area contributed by atoms with Gasteiger partial charge in [-0.05, 0) is 18.0 Å². The van der Waals surface area contributed by atoms with Gasteiger partial charge < -0.3 is 10.0 Å². The average molecular weight is 254 g/mol. The predicted molar refractivity (Wildman–Crippen MR) is 68.4 cm³/mol. The van der Waals surface area contributed by atoms with Gasteiger partial charge in [0.1, 0.15) is 6.04 Å². The molecule has 0 bridgehead atoms. The third-order valence-corrected chi connectivity index (χ3v) is 4.19. The molecule has 17 heavy (non-hydrogen) atoms. The maximum absolute atomic E-state index is 11.4. The molecule has 1 aromatic rings. The Labute approximate surface area is 105 Å². The maximum atomic E-state index is 11.4. The molecule has 2 heterocycles. The summed E-state index contributed by atoms with van der Waals surface area (Å²) in [6.45, 7) is 6.79. The van der Waals surface area contributed by atoms with Crippen molar-refractivity contribution in [3.8, 4) is 0 Å². The summed E-state index contributed by atoms with van der Waals surface area (Å²) in [7, 11) is 0. The second-order valence-corrected chi connectivity index (χ2v) is 5.21. The molecular weight excluding hydrogens is 236 g/mol. The number of carbonyl (C=O) groups is 1. The zero-order chi connectivity index (χ0) is 12.3. The molecule has 0 amide bonds. The lowest BCUT2D eigenvalue weighted by Crippen LogP contribution is -2.48. The topological polar surface area (TPSA) is 43.8 Å². The summed E-state index contributed by atoms with van der Waals surface area (Å²) in [5.74, 6) is -0.739.